The van der Waals surface area contributed by atoms with E-state index < -0.39 is 12.3 Å². The summed E-state index contributed by atoms with van der Waals surface area (Å²) < 4.78 is 6.10. The molecule has 0 heterocycles. The van der Waals surface area contributed by atoms with Crippen LogP contribution in [0.3, 0.4) is 0 Å². The van der Waals surface area contributed by atoms with Gasteiger partial charge < -0.3 is 14.7 Å². The van der Waals surface area contributed by atoms with Crippen LogP contribution >= 0.6 is 0 Å². The summed E-state index contributed by atoms with van der Waals surface area (Å²) >= 11 is 0. The van der Waals surface area contributed by atoms with Gasteiger partial charge in [-0.1, -0.05) is 69.8 Å². The molecule has 26 heavy (non-hydrogen) atoms. The number of nitrogens with zero attached hydrogens (tertiary/aromatic N) is 2. The summed E-state index contributed by atoms with van der Waals surface area (Å²) in [6, 6.07) is 18.0. The van der Waals surface area contributed by atoms with Crippen LogP contribution in [0, 0.1) is 5.41 Å². The molecular formula is C22H28N2O2. The molecule has 0 saturated heterocycles. The lowest BCUT2D eigenvalue weighted by atomic mass is 9.87. The molecule has 0 amide bonds. The normalized spacial score (nSPS) is 14.0. The fourth-order valence-electron chi connectivity index (χ4n) is 2.51. The second kappa shape index (κ2) is 8.68. The maximum atomic E-state index is 10.8. The zero-order valence-electron chi connectivity index (χ0n) is 16.0. The molecule has 2 rings (SSSR count). The van der Waals surface area contributed by atoms with E-state index in [2.05, 4.69) is 23.7 Å². The molecule has 2 aromatic rings. The van der Waals surface area contributed by atoms with Crippen molar-refractivity contribution in [3.05, 3.63) is 67.4 Å². The zero-order chi connectivity index (χ0) is 19.2. The first-order valence-corrected chi connectivity index (χ1v) is 8.69. The van der Waals surface area contributed by atoms with Crippen molar-refractivity contribution in [1.29, 1.82) is 0 Å². The molecule has 0 spiro atoms. The van der Waals surface area contributed by atoms with E-state index in [-0.39, 0.29) is 5.41 Å². The molecule has 0 bridgehead atoms. The average Bonchev–Trinajstić information content (AvgIpc) is 2.64. The Morgan fingerprint density at radius 2 is 1.62 bits per heavy atom. The number of benzene rings is 2. The van der Waals surface area contributed by atoms with Crippen LogP contribution in [0.1, 0.15) is 20.8 Å². The molecule has 0 fully saturated rings. The topological polar surface area (TPSA) is 45.1 Å². The van der Waals surface area contributed by atoms with Gasteiger partial charge in [0.15, 0.2) is 6.23 Å². The molecule has 0 aliphatic carbocycles. The molecule has 0 aliphatic rings. The predicted molar refractivity (Wildman–Crippen MR) is 108 cm³/mol. The van der Waals surface area contributed by atoms with E-state index in [1.54, 1.807) is 11.2 Å². The molecule has 0 aliphatic heterocycles. The monoisotopic (exact) mass is 352 g/mol. The molecule has 138 valence electrons. The van der Waals surface area contributed by atoms with Crippen LogP contribution in [0.5, 0.6) is 5.75 Å². The highest BCUT2D eigenvalue weighted by Crippen LogP contribution is 2.27. The van der Waals surface area contributed by atoms with Crippen molar-refractivity contribution in [2.45, 2.75) is 33.1 Å². The SMILES string of the molecule is C=CN=CN(C)C(Oc1ccc(-c2ccccc2)cc1)C(O)C(C)(C)C. The second-order valence-corrected chi connectivity index (χ2v) is 7.32. The molecule has 2 unspecified atom stereocenters. The fourth-order valence-corrected chi connectivity index (χ4v) is 2.51. The van der Waals surface area contributed by atoms with E-state index in [4.69, 9.17) is 4.74 Å². The minimum Gasteiger partial charge on any atom is -0.468 e. The standard InChI is InChI=1S/C22H28N2O2/c1-6-23-16-24(5)21(20(25)22(2,3)4)26-19-14-12-18(13-15-19)17-10-8-7-9-11-17/h6-16,20-21,25H,1H2,2-5H3. The largest absolute Gasteiger partial charge is 0.468 e. The summed E-state index contributed by atoms with van der Waals surface area (Å²) in [5.41, 5.74) is 1.93. The lowest BCUT2D eigenvalue weighted by molar-refractivity contribution is -0.0762. The van der Waals surface area contributed by atoms with Gasteiger partial charge in [-0.15, -0.1) is 0 Å². The highest BCUT2D eigenvalue weighted by atomic mass is 16.5. The number of likely N-dealkylation sites (N-methyl/N-ethyl adjacent to an activating group) is 1. The third-order valence-corrected chi connectivity index (χ3v) is 4.13. The van der Waals surface area contributed by atoms with Crippen LogP contribution in [-0.2, 0) is 0 Å². The Kier molecular flexibility index (Phi) is 6.58. The van der Waals surface area contributed by atoms with Crippen molar-refractivity contribution < 1.29 is 9.84 Å². The van der Waals surface area contributed by atoms with Crippen molar-refractivity contribution >= 4 is 6.34 Å². The molecule has 2 atom stereocenters. The predicted octanol–water partition coefficient (Wildman–Crippen LogP) is 4.57. The molecule has 0 aromatic heterocycles. The Hall–Kier alpha value is -2.59. The third-order valence-electron chi connectivity index (χ3n) is 4.13. The van der Waals surface area contributed by atoms with Crippen molar-refractivity contribution in [3.63, 3.8) is 0 Å². The highest BCUT2D eigenvalue weighted by Gasteiger charge is 2.34. The Morgan fingerprint density at radius 3 is 2.15 bits per heavy atom. The summed E-state index contributed by atoms with van der Waals surface area (Å²) in [6.45, 7) is 9.51. The van der Waals surface area contributed by atoms with Crippen molar-refractivity contribution in [2.24, 2.45) is 10.4 Å². The molecular weight excluding hydrogens is 324 g/mol. The van der Waals surface area contributed by atoms with Gasteiger partial charge in [-0.2, -0.15) is 0 Å². The van der Waals surface area contributed by atoms with Crippen molar-refractivity contribution in [2.75, 3.05) is 7.05 Å². The van der Waals surface area contributed by atoms with Crippen LogP contribution in [0.2, 0.25) is 0 Å². The lowest BCUT2D eigenvalue weighted by Gasteiger charge is -2.37. The van der Waals surface area contributed by atoms with Crippen LogP contribution in [-0.4, -0.2) is 35.7 Å². The van der Waals surface area contributed by atoms with Gasteiger partial charge in [0.2, 0.25) is 0 Å². The summed E-state index contributed by atoms with van der Waals surface area (Å²) in [6.07, 6.45) is 1.77. The number of hydrogen-bond donors (Lipinski definition) is 1. The first-order valence-electron chi connectivity index (χ1n) is 8.69. The Balaban J connectivity index is 2.21. The van der Waals surface area contributed by atoms with E-state index in [0.717, 1.165) is 11.1 Å². The number of rotatable bonds is 7. The number of ether oxygens (including phenoxy) is 1. The number of hydrogen-bond acceptors (Lipinski definition) is 3. The maximum Gasteiger partial charge on any atom is 0.199 e. The summed E-state index contributed by atoms with van der Waals surface area (Å²) in [5.74, 6) is 0.692. The number of aliphatic hydroxyl groups is 1. The number of aliphatic hydroxyl groups excluding tert-OH is 1. The summed E-state index contributed by atoms with van der Waals surface area (Å²) in [7, 11) is 1.82. The van der Waals surface area contributed by atoms with E-state index in [1.807, 2.05) is 70.3 Å². The van der Waals surface area contributed by atoms with Gasteiger partial charge in [-0.05, 0) is 28.7 Å². The van der Waals surface area contributed by atoms with Crippen molar-refractivity contribution in [1.82, 2.24) is 4.90 Å². The van der Waals surface area contributed by atoms with Gasteiger partial charge in [0, 0.05) is 13.2 Å². The minimum atomic E-state index is -0.711. The molecule has 0 saturated carbocycles. The summed E-state index contributed by atoms with van der Waals surface area (Å²) in [4.78, 5) is 5.78. The zero-order valence-corrected chi connectivity index (χ0v) is 16.0. The molecule has 2 aromatic carbocycles. The average molecular weight is 352 g/mol. The van der Waals surface area contributed by atoms with E-state index >= 15 is 0 Å². The maximum absolute atomic E-state index is 10.8. The second-order valence-electron chi connectivity index (χ2n) is 7.32. The Bertz CT molecular complexity index is 718. The van der Waals surface area contributed by atoms with Gasteiger partial charge in [-0.3, -0.25) is 0 Å². The first-order chi connectivity index (χ1) is 12.3. The third kappa shape index (κ3) is 5.20. The van der Waals surface area contributed by atoms with Crippen LogP contribution < -0.4 is 4.74 Å². The van der Waals surface area contributed by atoms with E-state index in [0.29, 0.717) is 5.75 Å². The van der Waals surface area contributed by atoms with Gasteiger partial charge in [-0.25, -0.2) is 4.99 Å². The lowest BCUT2D eigenvalue weighted by Crippen LogP contribution is -2.50. The first kappa shape index (κ1) is 19.7. The number of aliphatic imine (C=N–C) groups is 1. The minimum absolute atomic E-state index is 0.342. The Labute approximate surface area is 156 Å². The molecule has 4 heteroatoms. The quantitative estimate of drug-likeness (QED) is 0.451. The van der Waals surface area contributed by atoms with Crippen LogP contribution in [0.4, 0.5) is 0 Å². The van der Waals surface area contributed by atoms with Gasteiger partial charge in [0.25, 0.3) is 0 Å². The Morgan fingerprint density at radius 1 is 1.04 bits per heavy atom. The van der Waals surface area contributed by atoms with E-state index in [9.17, 15) is 5.11 Å². The molecule has 1 N–H and O–H groups in total. The van der Waals surface area contributed by atoms with Gasteiger partial charge >= 0.3 is 0 Å². The summed E-state index contributed by atoms with van der Waals surface area (Å²) in [5, 5.41) is 10.8. The molecule has 4 nitrogen and oxygen atoms in total. The smallest absolute Gasteiger partial charge is 0.199 e. The van der Waals surface area contributed by atoms with E-state index in [1.165, 1.54) is 6.20 Å². The van der Waals surface area contributed by atoms with Gasteiger partial charge in [0.1, 0.15) is 11.9 Å². The van der Waals surface area contributed by atoms with Gasteiger partial charge in [0.05, 0.1) is 6.34 Å². The van der Waals surface area contributed by atoms with Crippen molar-refractivity contribution in [3.8, 4) is 16.9 Å². The molecule has 0 radical (unpaired) electrons. The fraction of sp³-hybridized carbons (Fsp3) is 0.318. The van der Waals surface area contributed by atoms with Crippen LogP contribution in [0.25, 0.3) is 11.1 Å². The highest BCUT2D eigenvalue weighted by molar-refractivity contribution is 5.64. The van der Waals surface area contributed by atoms with Crippen LogP contribution in [0.15, 0.2) is 72.4 Å².